The first-order valence-electron chi connectivity index (χ1n) is 14.6. The molecule has 2 aromatic carbocycles. The van der Waals surface area contributed by atoms with Crippen LogP contribution in [-0.4, -0.2) is 75.7 Å². The highest BCUT2D eigenvalue weighted by atomic mass is 16.5. The van der Waals surface area contributed by atoms with Gasteiger partial charge in [0, 0.05) is 69.2 Å². The lowest BCUT2D eigenvalue weighted by Crippen LogP contribution is -2.55. The minimum Gasteiger partial charge on any atom is -0.494 e. The molecule has 10 heteroatoms. The number of nitrogens with zero attached hydrogens (tertiary/aromatic N) is 5. The van der Waals surface area contributed by atoms with Crippen LogP contribution in [0.1, 0.15) is 43.0 Å². The van der Waals surface area contributed by atoms with Crippen molar-refractivity contribution in [3.8, 4) is 17.3 Å². The maximum absolute atomic E-state index is 13.4. The first-order valence-corrected chi connectivity index (χ1v) is 14.6. The van der Waals surface area contributed by atoms with E-state index >= 15 is 0 Å². The topological polar surface area (TPSA) is 111 Å². The number of aromatic nitrogens is 3. The van der Waals surface area contributed by atoms with Crippen molar-refractivity contribution in [2.24, 2.45) is 12.8 Å². The zero-order valence-electron chi connectivity index (χ0n) is 23.9. The van der Waals surface area contributed by atoms with Crippen LogP contribution in [0, 0.1) is 0 Å². The maximum Gasteiger partial charge on any atom is 0.254 e. The lowest BCUT2D eigenvalue weighted by molar-refractivity contribution is -0.120. The van der Waals surface area contributed by atoms with Gasteiger partial charge in [0.1, 0.15) is 11.3 Å². The Morgan fingerprint density at radius 1 is 1.10 bits per heavy atom. The molecule has 0 radical (unpaired) electrons. The summed E-state index contributed by atoms with van der Waals surface area (Å²) in [5.74, 6) is 1.48. The summed E-state index contributed by atoms with van der Waals surface area (Å²) >= 11 is 0. The number of hydrogen-bond acceptors (Lipinski definition) is 6. The number of benzene rings is 2. The third-order valence-electron chi connectivity index (χ3n) is 9.11. The molecule has 2 aromatic heterocycles. The number of carbonyl (C=O) groups excluding carboxylic acids is 2. The number of carbonyl (C=O) groups is 2. The Kier molecular flexibility index (Phi) is 6.19. The zero-order chi connectivity index (χ0) is 28.4. The van der Waals surface area contributed by atoms with Crippen LogP contribution in [-0.2, 0) is 18.4 Å². The number of fused-ring (bicyclic) bond motifs is 1. The van der Waals surface area contributed by atoms with Crippen LogP contribution in [0.4, 0.5) is 5.69 Å². The Morgan fingerprint density at radius 3 is 2.68 bits per heavy atom. The average Bonchev–Trinajstić information content (AvgIpc) is 3.48. The van der Waals surface area contributed by atoms with E-state index in [4.69, 9.17) is 15.5 Å². The van der Waals surface area contributed by atoms with E-state index in [1.807, 2.05) is 24.1 Å². The van der Waals surface area contributed by atoms with Crippen molar-refractivity contribution < 1.29 is 14.3 Å². The predicted octanol–water partition coefficient (Wildman–Crippen LogP) is 3.25. The number of ether oxygens (including phenoxy) is 1. The summed E-state index contributed by atoms with van der Waals surface area (Å²) in [5, 5.41) is 4.23. The van der Waals surface area contributed by atoms with Gasteiger partial charge in [-0.2, -0.15) is 0 Å². The van der Waals surface area contributed by atoms with Crippen LogP contribution in [0.15, 0.2) is 36.4 Å². The summed E-state index contributed by atoms with van der Waals surface area (Å²) in [6.45, 7) is 4.62. The molecule has 1 saturated carbocycles. The van der Waals surface area contributed by atoms with Crippen LogP contribution in [0.5, 0.6) is 5.75 Å². The number of nitrogens with one attached hydrogen (secondary N) is 1. The molecule has 1 atom stereocenters. The second-order valence-corrected chi connectivity index (χ2v) is 11.8. The Morgan fingerprint density at radius 2 is 1.93 bits per heavy atom. The summed E-state index contributed by atoms with van der Waals surface area (Å²) in [4.78, 5) is 34.3. The zero-order valence-corrected chi connectivity index (χ0v) is 23.9. The molecule has 3 N–H and O–H groups in total. The van der Waals surface area contributed by atoms with Crippen molar-refractivity contribution in [1.29, 1.82) is 0 Å². The molecule has 214 valence electrons. The minimum absolute atomic E-state index is 0.0176. The van der Waals surface area contributed by atoms with Crippen molar-refractivity contribution in [3.63, 3.8) is 0 Å². The van der Waals surface area contributed by atoms with E-state index in [1.165, 1.54) is 16.6 Å². The molecular weight excluding hydrogens is 518 g/mol. The minimum atomic E-state index is -0.0301. The van der Waals surface area contributed by atoms with Gasteiger partial charge in [0.15, 0.2) is 5.82 Å². The Bertz CT molecular complexity index is 1680. The lowest BCUT2D eigenvalue weighted by atomic mass is 9.84. The molecule has 2 aliphatic heterocycles. The molecule has 2 fully saturated rings. The summed E-state index contributed by atoms with van der Waals surface area (Å²) in [5.41, 5.74) is 11.8. The van der Waals surface area contributed by atoms with E-state index in [9.17, 15) is 9.59 Å². The molecule has 4 aromatic rings. The summed E-state index contributed by atoms with van der Waals surface area (Å²) in [6.07, 6.45) is 3.80. The first kappa shape index (κ1) is 25.9. The number of para-hydroxylation sites is 1. The number of amides is 2. The SMILES string of the molecule is COc1cc(C(=O)N2CCC[C@@H](N)C2)cc2nc(-c3cc4cccc5c4n3CCN5C3CC(NC(C)=O)C3)n(C)c12. The van der Waals surface area contributed by atoms with Gasteiger partial charge in [0.2, 0.25) is 5.91 Å². The van der Waals surface area contributed by atoms with Crippen LogP contribution in [0.25, 0.3) is 33.5 Å². The standard InChI is InChI=1S/C31H37N7O3/c1-18(39)33-22-15-23(16-22)37-10-11-38-26(13-19-6-4-8-25(37)28(19)38)30-34-24-12-20(14-27(41-3)29(24)35(30)2)31(40)36-9-5-7-21(32)17-36/h4,6,8,12-14,21-23H,5,7,9-11,15-17,32H2,1-3H3,(H,33,39)/t21-,22?,23?/m1/s1. The first-order chi connectivity index (χ1) is 19.8. The van der Waals surface area contributed by atoms with E-state index in [2.05, 4.69) is 43.6 Å². The molecule has 4 heterocycles. The molecule has 2 amide bonds. The molecule has 10 nitrogen and oxygen atoms in total. The largest absolute Gasteiger partial charge is 0.494 e. The molecule has 1 aliphatic carbocycles. The number of nitrogens with two attached hydrogens (primary N) is 1. The Balaban J connectivity index is 1.26. The van der Waals surface area contributed by atoms with Crippen molar-refractivity contribution in [3.05, 3.63) is 42.0 Å². The maximum atomic E-state index is 13.4. The van der Waals surface area contributed by atoms with Crippen LogP contribution in [0.3, 0.4) is 0 Å². The van der Waals surface area contributed by atoms with Gasteiger partial charge in [-0.3, -0.25) is 9.59 Å². The van der Waals surface area contributed by atoms with Gasteiger partial charge in [0.05, 0.1) is 29.5 Å². The molecule has 3 aliphatic rings. The van der Waals surface area contributed by atoms with E-state index < -0.39 is 0 Å². The fraction of sp³-hybridized carbons (Fsp3) is 0.452. The number of hydrogen-bond donors (Lipinski definition) is 2. The number of imidazole rings is 1. The van der Waals surface area contributed by atoms with E-state index in [-0.39, 0.29) is 23.9 Å². The number of likely N-dealkylation sites (tertiary alicyclic amines) is 1. The number of methoxy groups -OCH3 is 1. The Hall–Kier alpha value is -4.05. The summed E-state index contributed by atoms with van der Waals surface area (Å²) in [6, 6.07) is 13.1. The quantitative estimate of drug-likeness (QED) is 0.391. The van der Waals surface area contributed by atoms with Crippen molar-refractivity contribution in [2.75, 3.05) is 31.6 Å². The molecule has 0 bridgehead atoms. The highest BCUT2D eigenvalue weighted by Crippen LogP contribution is 2.41. The smallest absolute Gasteiger partial charge is 0.254 e. The van der Waals surface area contributed by atoms with Crippen molar-refractivity contribution >= 4 is 39.4 Å². The second-order valence-electron chi connectivity index (χ2n) is 11.8. The third kappa shape index (κ3) is 4.23. The van der Waals surface area contributed by atoms with Gasteiger partial charge < -0.3 is 34.7 Å². The molecule has 0 unspecified atom stereocenters. The summed E-state index contributed by atoms with van der Waals surface area (Å²) in [7, 11) is 3.65. The van der Waals surface area contributed by atoms with Gasteiger partial charge in [-0.05, 0) is 49.9 Å². The van der Waals surface area contributed by atoms with Crippen molar-refractivity contribution in [2.45, 2.75) is 57.3 Å². The highest BCUT2D eigenvalue weighted by Gasteiger charge is 2.37. The fourth-order valence-corrected chi connectivity index (χ4v) is 7.10. The predicted molar refractivity (Wildman–Crippen MR) is 159 cm³/mol. The lowest BCUT2D eigenvalue weighted by Gasteiger charge is -2.46. The van der Waals surface area contributed by atoms with Gasteiger partial charge in [-0.1, -0.05) is 12.1 Å². The van der Waals surface area contributed by atoms with Crippen LogP contribution >= 0.6 is 0 Å². The molecule has 7 rings (SSSR count). The third-order valence-corrected chi connectivity index (χ3v) is 9.11. The molecule has 1 saturated heterocycles. The fourth-order valence-electron chi connectivity index (χ4n) is 7.10. The number of rotatable bonds is 5. The highest BCUT2D eigenvalue weighted by molar-refractivity contribution is 6.01. The Labute approximate surface area is 239 Å². The second kappa shape index (κ2) is 9.80. The average molecular weight is 556 g/mol. The summed E-state index contributed by atoms with van der Waals surface area (Å²) < 4.78 is 10.2. The van der Waals surface area contributed by atoms with Crippen molar-refractivity contribution in [1.82, 2.24) is 24.3 Å². The normalized spacial score (nSPS) is 22.2. The van der Waals surface area contributed by atoms with Crippen LogP contribution < -0.4 is 20.7 Å². The molecule has 0 spiro atoms. The van der Waals surface area contributed by atoms with E-state index in [1.54, 1.807) is 14.0 Å². The molecule has 41 heavy (non-hydrogen) atoms. The number of piperidine rings is 1. The monoisotopic (exact) mass is 555 g/mol. The van der Waals surface area contributed by atoms with E-state index in [0.29, 0.717) is 30.4 Å². The van der Waals surface area contributed by atoms with Gasteiger partial charge >= 0.3 is 0 Å². The van der Waals surface area contributed by atoms with E-state index in [0.717, 1.165) is 61.3 Å². The van der Waals surface area contributed by atoms with Gasteiger partial charge in [-0.25, -0.2) is 4.98 Å². The van der Waals surface area contributed by atoms with Gasteiger partial charge in [0.25, 0.3) is 5.91 Å². The van der Waals surface area contributed by atoms with Gasteiger partial charge in [-0.15, -0.1) is 0 Å². The molecular formula is C31H37N7O3. The number of anilines is 1. The van der Waals surface area contributed by atoms with Crippen LogP contribution in [0.2, 0.25) is 0 Å². The number of aryl methyl sites for hydroxylation is 1.